The van der Waals surface area contributed by atoms with Crippen molar-refractivity contribution in [1.82, 2.24) is 10.2 Å². The van der Waals surface area contributed by atoms with Gasteiger partial charge in [0.1, 0.15) is 0 Å². The van der Waals surface area contributed by atoms with Crippen molar-refractivity contribution >= 4 is 0 Å². The maximum Gasteiger partial charge on any atom is 0.0107 e. The van der Waals surface area contributed by atoms with E-state index >= 15 is 0 Å². The van der Waals surface area contributed by atoms with Crippen LogP contribution in [0.5, 0.6) is 0 Å². The van der Waals surface area contributed by atoms with Crippen LogP contribution in [-0.2, 0) is 0 Å². The predicted molar refractivity (Wildman–Crippen MR) is 76.4 cm³/mol. The summed E-state index contributed by atoms with van der Waals surface area (Å²) in [6.07, 6.45) is 6.62. The molecule has 0 aliphatic carbocycles. The highest BCUT2D eigenvalue weighted by atomic mass is 15.1. The molecule has 2 nitrogen and oxygen atoms in total. The second-order valence-corrected chi connectivity index (χ2v) is 5.97. The van der Waals surface area contributed by atoms with Crippen LogP contribution in [-0.4, -0.2) is 37.1 Å². The molecule has 0 bridgehead atoms. The smallest absolute Gasteiger partial charge is 0.0107 e. The van der Waals surface area contributed by atoms with Crippen molar-refractivity contribution in [3.8, 4) is 0 Å². The predicted octanol–water partition coefficient (Wildman–Crippen LogP) is 3.28. The van der Waals surface area contributed by atoms with Crippen molar-refractivity contribution in [2.45, 2.75) is 65.8 Å². The fourth-order valence-electron chi connectivity index (χ4n) is 2.67. The van der Waals surface area contributed by atoms with Crippen LogP contribution in [0.3, 0.4) is 0 Å². The highest BCUT2D eigenvalue weighted by molar-refractivity contribution is 4.81. The third kappa shape index (κ3) is 4.97. The Morgan fingerprint density at radius 3 is 2.18 bits per heavy atom. The molecule has 0 atom stereocenters. The van der Waals surface area contributed by atoms with Crippen LogP contribution in [0.1, 0.15) is 59.8 Å². The van der Waals surface area contributed by atoms with E-state index in [2.05, 4.69) is 37.9 Å². The third-order valence-electron chi connectivity index (χ3n) is 4.76. The molecule has 0 aromatic rings. The van der Waals surface area contributed by atoms with E-state index in [1.807, 2.05) is 0 Å². The van der Waals surface area contributed by atoms with Crippen LogP contribution in [0, 0.1) is 5.41 Å². The Morgan fingerprint density at radius 1 is 1.12 bits per heavy atom. The summed E-state index contributed by atoms with van der Waals surface area (Å²) >= 11 is 0. The second-order valence-electron chi connectivity index (χ2n) is 5.97. The van der Waals surface area contributed by atoms with Crippen LogP contribution in [0.25, 0.3) is 0 Å². The zero-order valence-corrected chi connectivity index (χ0v) is 12.4. The van der Waals surface area contributed by atoms with E-state index in [9.17, 15) is 0 Å². The number of nitrogens with one attached hydrogen (secondary N) is 1. The highest BCUT2D eigenvalue weighted by Crippen LogP contribution is 2.33. The number of hydrogen-bond donors (Lipinski definition) is 1. The molecule has 1 aliphatic rings. The largest absolute Gasteiger partial charge is 0.313 e. The average molecular weight is 240 g/mol. The van der Waals surface area contributed by atoms with Crippen LogP contribution >= 0.6 is 0 Å². The van der Waals surface area contributed by atoms with Gasteiger partial charge in [0.25, 0.3) is 0 Å². The first-order valence-corrected chi connectivity index (χ1v) is 7.59. The van der Waals surface area contributed by atoms with Gasteiger partial charge < -0.3 is 10.2 Å². The molecule has 0 aromatic carbocycles. The SMILES string of the molecule is CCC(CC)NCCN1CCC(C)(CC)CC1. The Bertz CT molecular complexity index is 191. The Kier molecular flexibility index (Phi) is 6.50. The van der Waals surface area contributed by atoms with Gasteiger partial charge in [-0.05, 0) is 44.2 Å². The Labute approximate surface area is 108 Å². The van der Waals surface area contributed by atoms with Crippen LogP contribution in [0.15, 0.2) is 0 Å². The molecule has 2 heteroatoms. The summed E-state index contributed by atoms with van der Waals surface area (Å²) in [7, 11) is 0. The topological polar surface area (TPSA) is 15.3 Å². The second kappa shape index (κ2) is 7.38. The van der Waals surface area contributed by atoms with Crippen molar-refractivity contribution in [3.05, 3.63) is 0 Å². The zero-order chi connectivity index (χ0) is 12.7. The first-order chi connectivity index (χ1) is 8.13. The highest BCUT2D eigenvalue weighted by Gasteiger charge is 2.27. The van der Waals surface area contributed by atoms with E-state index in [1.54, 1.807) is 0 Å². The molecule has 0 saturated carbocycles. The first-order valence-electron chi connectivity index (χ1n) is 7.59. The third-order valence-corrected chi connectivity index (χ3v) is 4.76. The van der Waals surface area contributed by atoms with E-state index in [0.29, 0.717) is 5.41 Å². The van der Waals surface area contributed by atoms with Gasteiger partial charge in [-0.25, -0.2) is 0 Å². The van der Waals surface area contributed by atoms with Crippen LogP contribution in [0.4, 0.5) is 0 Å². The molecule has 1 fully saturated rings. The number of piperidine rings is 1. The van der Waals surface area contributed by atoms with E-state index in [1.165, 1.54) is 51.7 Å². The van der Waals surface area contributed by atoms with Crippen molar-refractivity contribution in [2.24, 2.45) is 5.41 Å². The Morgan fingerprint density at radius 2 is 1.71 bits per heavy atom. The molecule has 0 spiro atoms. The monoisotopic (exact) mass is 240 g/mol. The van der Waals surface area contributed by atoms with Gasteiger partial charge in [-0.15, -0.1) is 0 Å². The lowest BCUT2D eigenvalue weighted by Crippen LogP contribution is -2.42. The fourth-order valence-corrected chi connectivity index (χ4v) is 2.67. The molecule has 1 heterocycles. The van der Waals surface area contributed by atoms with Gasteiger partial charge in [-0.1, -0.05) is 34.1 Å². The molecule has 1 N–H and O–H groups in total. The fraction of sp³-hybridized carbons (Fsp3) is 1.00. The summed E-state index contributed by atoms with van der Waals surface area (Å²) in [4.78, 5) is 2.63. The summed E-state index contributed by atoms with van der Waals surface area (Å²) in [6, 6.07) is 0.723. The normalized spacial score (nSPS) is 21.0. The minimum atomic E-state index is 0.624. The van der Waals surface area contributed by atoms with E-state index in [0.717, 1.165) is 12.6 Å². The minimum absolute atomic E-state index is 0.624. The first kappa shape index (κ1) is 15.0. The van der Waals surface area contributed by atoms with Gasteiger partial charge in [-0.3, -0.25) is 0 Å². The van der Waals surface area contributed by atoms with Crippen molar-refractivity contribution < 1.29 is 0 Å². The summed E-state index contributed by atoms with van der Waals surface area (Å²) in [5.41, 5.74) is 0.624. The van der Waals surface area contributed by atoms with Gasteiger partial charge in [0, 0.05) is 19.1 Å². The lowest BCUT2D eigenvalue weighted by Gasteiger charge is -2.39. The maximum absolute atomic E-state index is 3.66. The van der Waals surface area contributed by atoms with Crippen molar-refractivity contribution in [2.75, 3.05) is 26.2 Å². The molecule has 0 radical (unpaired) electrons. The molecule has 1 rings (SSSR count). The lowest BCUT2D eigenvalue weighted by molar-refractivity contribution is 0.114. The lowest BCUT2D eigenvalue weighted by atomic mass is 9.78. The maximum atomic E-state index is 3.66. The van der Waals surface area contributed by atoms with Gasteiger partial charge in [0.15, 0.2) is 0 Å². The summed E-state index contributed by atoms with van der Waals surface area (Å²) in [5, 5.41) is 3.66. The standard InChI is InChI=1S/C15H32N2/c1-5-14(6-2)16-10-13-17-11-8-15(4,7-3)9-12-17/h14,16H,5-13H2,1-4H3. The van der Waals surface area contributed by atoms with Gasteiger partial charge in [-0.2, -0.15) is 0 Å². The van der Waals surface area contributed by atoms with Crippen LogP contribution < -0.4 is 5.32 Å². The molecule has 1 aliphatic heterocycles. The summed E-state index contributed by atoms with van der Waals surface area (Å²) in [6.45, 7) is 14.3. The quantitative estimate of drug-likeness (QED) is 0.735. The van der Waals surface area contributed by atoms with E-state index < -0.39 is 0 Å². The van der Waals surface area contributed by atoms with Gasteiger partial charge in [0.05, 0.1) is 0 Å². The average Bonchev–Trinajstić information content (AvgIpc) is 2.37. The zero-order valence-electron chi connectivity index (χ0n) is 12.4. The molecular formula is C15H32N2. The Balaban J connectivity index is 2.14. The van der Waals surface area contributed by atoms with Crippen LogP contribution in [0.2, 0.25) is 0 Å². The number of nitrogens with zero attached hydrogens (tertiary/aromatic N) is 1. The molecule has 0 unspecified atom stereocenters. The van der Waals surface area contributed by atoms with Crippen molar-refractivity contribution in [1.29, 1.82) is 0 Å². The minimum Gasteiger partial charge on any atom is -0.313 e. The van der Waals surface area contributed by atoms with E-state index in [4.69, 9.17) is 0 Å². The molecule has 0 amide bonds. The van der Waals surface area contributed by atoms with E-state index in [-0.39, 0.29) is 0 Å². The van der Waals surface area contributed by atoms with Gasteiger partial charge >= 0.3 is 0 Å². The molecule has 0 aromatic heterocycles. The molecule has 17 heavy (non-hydrogen) atoms. The number of hydrogen-bond acceptors (Lipinski definition) is 2. The molecule has 1 saturated heterocycles. The molecular weight excluding hydrogens is 208 g/mol. The van der Waals surface area contributed by atoms with Crippen molar-refractivity contribution in [3.63, 3.8) is 0 Å². The summed E-state index contributed by atoms with van der Waals surface area (Å²) < 4.78 is 0. The number of rotatable bonds is 7. The number of likely N-dealkylation sites (tertiary alicyclic amines) is 1. The Hall–Kier alpha value is -0.0800. The molecule has 102 valence electrons. The summed E-state index contributed by atoms with van der Waals surface area (Å²) in [5.74, 6) is 0. The van der Waals surface area contributed by atoms with Gasteiger partial charge in [0.2, 0.25) is 0 Å².